The van der Waals surface area contributed by atoms with E-state index in [1.807, 2.05) is 0 Å². The number of benzene rings is 1. The zero-order chi connectivity index (χ0) is 14.7. The number of rotatable bonds is 3. The third-order valence-corrected chi connectivity index (χ3v) is 3.98. The molecule has 1 aliphatic carbocycles. The topological polar surface area (TPSA) is 69.6 Å². The Morgan fingerprint density at radius 1 is 1.20 bits per heavy atom. The average molecular weight is 316 g/mol. The van der Waals surface area contributed by atoms with Gasteiger partial charge in [-0.05, 0) is 43.0 Å². The Hall–Kier alpha value is -1.07. The van der Waals surface area contributed by atoms with Gasteiger partial charge < -0.3 is 15.5 Å². The number of aliphatic hydroxyl groups excluding tert-OH is 2. The minimum atomic E-state index is -0.706. The lowest BCUT2D eigenvalue weighted by Gasteiger charge is -2.04. The molecule has 4 nitrogen and oxygen atoms in total. The molecular weight excluding hydrogens is 301 g/mol. The second-order valence-electron chi connectivity index (χ2n) is 4.84. The summed E-state index contributed by atoms with van der Waals surface area (Å²) in [5.41, 5.74) is 0.556. The van der Waals surface area contributed by atoms with Gasteiger partial charge in [-0.2, -0.15) is 0 Å². The predicted octanol–water partition coefficient (Wildman–Crippen LogP) is 2.62. The number of amides is 1. The molecule has 0 heterocycles. The van der Waals surface area contributed by atoms with E-state index in [1.165, 1.54) is 6.08 Å². The van der Waals surface area contributed by atoms with E-state index in [1.54, 1.807) is 24.3 Å². The van der Waals surface area contributed by atoms with Crippen LogP contribution in [0.15, 0.2) is 30.4 Å². The maximum atomic E-state index is 11.7. The van der Waals surface area contributed by atoms with Crippen molar-refractivity contribution >= 4 is 34.8 Å². The van der Waals surface area contributed by atoms with Gasteiger partial charge in [0.25, 0.3) is 0 Å². The van der Waals surface area contributed by atoms with Gasteiger partial charge in [-0.15, -0.1) is 0 Å². The molecule has 1 aliphatic rings. The molecule has 0 aliphatic heterocycles. The number of carbonyl (C=O) groups is 1. The number of anilines is 1. The Bertz CT molecular complexity index is 523. The summed E-state index contributed by atoms with van der Waals surface area (Å²) in [7, 11) is 0. The molecule has 1 amide bonds. The molecule has 1 saturated carbocycles. The van der Waals surface area contributed by atoms with E-state index >= 15 is 0 Å². The van der Waals surface area contributed by atoms with E-state index in [2.05, 4.69) is 5.32 Å². The highest BCUT2D eigenvalue weighted by atomic mass is 35.5. The summed E-state index contributed by atoms with van der Waals surface area (Å²) in [6.45, 7) is 0. The average Bonchev–Trinajstić information content (AvgIpc) is 2.71. The first kappa shape index (κ1) is 15.3. The Morgan fingerprint density at radius 3 is 2.45 bits per heavy atom. The molecule has 0 spiro atoms. The van der Waals surface area contributed by atoms with Crippen LogP contribution in [0.3, 0.4) is 0 Å². The molecule has 108 valence electrons. The summed E-state index contributed by atoms with van der Waals surface area (Å²) in [6.07, 6.45) is 2.63. The lowest BCUT2D eigenvalue weighted by atomic mass is 10.1. The fraction of sp³-hybridized carbons (Fsp3) is 0.357. The minimum absolute atomic E-state index is 0.0135. The Balaban J connectivity index is 1.90. The Kier molecular flexibility index (Phi) is 5.05. The van der Waals surface area contributed by atoms with Gasteiger partial charge in [0.1, 0.15) is 0 Å². The van der Waals surface area contributed by atoms with Crippen LogP contribution in [-0.4, -0.2) is 28.3 Å². The van der Waals surface area contributed by atoms with Crippen molar-refractivity contribution < 1.29 is 15.0 Å². The Morgan fingerprint density at radius 2 is 1.85 bits per heavy atom. The van der Waals surface area contributed by atoms with E-state index in [4.69, 9.17) is 23.2 Å². The van der Waals surface area contributed by atoms with Crippen LogP contribution in [0.4, 0.5) is 5.69 Å². The molecule has 1 fully saturated rings. The summed E-state index contributed by atoms with van der Waals surface area (Å²) in [4.78, 5) is 11.7. The molecule has 0 radical (unpaired) electrons. The maximum Gasteiger partial charge on any atom is 0.248 e. The third kappa shape index (κ3) is 3.96. The normalized spacial score (nSPS) is 26.1. The summed E-state index contributed by atoms with van der Waals surface area (Å²) in [5.74, 6) is -0.279. The van der Waals surface area contributed by atoms with E-state index in [0.717, 1.165) is 0 Å². The highest BCUT2D eigenvalue weighted by Crippen LogP contribution is 2.27. The zero-order valence-electron chi connectivity index (χ0n) is 10.6. The van der Waals surface area contributed by atoms with Gasteiger partial charge in [-0.1, -0.05) is 29.3 Å². The summed E-state index contributed by atoms with van der Waals surface area (Å²) < 4.78 is 0. The van der Waals surface area contributed by atoms with Crippen molar-refractivity contribution in [2.24, 2.45) is 5.92 Å². The smallest absolute Gasteiger partial charge is 0.248 e. The van der Waals surface area contributed by atoms with Gasteiger partial charge in [0.2, 0.25) is 5.91 Å². The molecule has 1 aromatic carbocycles. The van der Waals surface area contributed by atoms with E-state index < -0.39 is 12.2 Å². The number of hydrogen-bond acceptors (Lipinski definition) is 3. The molecule has 0 aromatic heterocycles. The van der Waals surface area contributed by atoms with Crippen molar-refractivity contribution in [3.05, 3.63) is 40.4 Å². The van der Waals surface area contributed by atoms with Gasteiger partial charge in [0.05, 0.1) is 22.3 Å². The monoisotopic (exact) mass is 315 g/mol. The summed E-state index contributed by atoms with van der Waals surface area (Å²) in [5, 5.41) is 22.3. The van der Waals surface area contributed by atoms with Crippen molar-refractivity contribution in [3.63, 3.8) is 0 Å². The first-order chi connectivity index (χ1) is 9.45. The molecule has 1 aromatic rings. The molecule has 1 unspecified atom stereocenters. The Labute approximate surface area is 127 Å². The number of hydrogen-bond donors (Lipinski definition) is 3. The van der Waals surface area contributed by atoms with Crippen LogP contribution in [0.2, 0.25) is 10.0 Å². The van der Waals surface area contributed by atoms with E-state index in [0.29, 0.717) is 28.6 Å². The maximum absolute atomic E-state index is 11.7. The predicted molar refractivity (Wildman–Crippen MR) is 79.0 cm³/mol. The van der Waals surface area contributed by atoms with E-state index in [-0.39, 0.29) is 11.8 Å². The van der Waals surface area contributed by atoms with Gasteiger partial charge in [-0.3, -0.25) is 4.79 Å². The molecule has 20 heavy (non-hydrogen) atoms. The molecule has 6 heteroatoms. The first-order valence-electron chi connectivity index (χ1n) is 6.26. The van der Waals surface area contributed by atoms with Crippen molar-refractivity contribution in [1.29, 1.82) is 0 Å². The van der Waals surface area contributed by atoms with Crippen molar-refractivity contribution in [2.45, 2.75) is 25.0 Å². The van der Waals surface area contributed by atoms with Crippen LogP contribution in [0.1, 0.15) is 12.8 Å². The fourth-order valence-corrected chi connectivity index (χ4v) is 2.47. The van der Waals surface area contributed by atoms with Crippen molar-refractivity contribution in [3.8, 4) is 0 Å². The summed E-state index contributed by atoms with van der Waals surface area (Å²) >= 11 is 11.6. The van der Waals surface area contributed by atoms with Crippen LogP contribution in [0, 0.1) is 5.92 Å². The van der Waals surface area contributed by atoms with Crippen molar-refractivity contribution in [1.82, 2.24) is 0 Å². The number of carbonyl (C=O) groups excluding carboxylic acids is 1. The molecule has 0 saturated heterocycles. The highest BCUT2D eigenvalue weighted by Gasteiger charge is 2.29. The first-order valence-corrected chi connectivity index (χ1v) is 7.01. The zero-order valence-corrected chi connectivity index (χ0v) is 12.1. The number of nitrogens with one attached hydrogen (secondary N) is 1. The summed E-state index contributed by atoms with van der Waals surface area (Å²) in [6, 6.07) is 4.83. The van der Waals surface area contributed by atoms with Crippen LogP contribution < -0.4 is 5.32 Å². The van der Waals surface area contributed by atoms with E-state index in [9.17, 15) is 15.0 Å². The lowest BCUT2D eigenvalue weighted by Crippen LogP contribution is -2.17. The van der Waals surface area contributed by atoms with Crippen LogP contribution in [0.25, 0.3) is 0 Å². The fourth-order valence-electron chi connectivity index (χ4n) is 2.17. The number of halogens is 2. The van der Waals surface area contributed by atoms with Gasteiger partial charge in [0, 0.05) is 5.69 Å². The van der Waals surface area contributed by atoms with Crippen LogP contribution in [-0.2, 0) is 4.79 Å². The molecule has 2 rings (SSSR count). The lowest BCUT2D eigenvalue weighted by molar-refractivity contribution is -0.111. The van der Waals surface area contributed by atoms with Gasteiger partial charge in [0.15, 0.2) is 0 Å². The third-order valence-electron chi connectivity index (χ3n) is 3.24. The van der Waals surface area contributed by atoms with Gasteiger partial charge in [-0.25, -0.2) is 0 Å². The SMILES string of the molecule is O=C(/C=C/C1C[C@@H](O)[C@@H](O)C1)Nc1ccc(Cl)c(Cl)c1. The van der Waals surface area contributed by atoms with Crippen LogP contribution >= 0.6 is 23.2 Å². The van der Waals surface area contributed by atoms with Crippen LogP contribution in [0.5, 0.6) is 0 Å². The molecule has 0 bridgehead atoms. The number of aliphatic hydroxyl groups is 2. The largest absolute Gasteiger partial charge is 0.390 e. The molecule has 3 atom stereocenters. The second-order valence-corrected chi connectivity index (χ2v) is 5.66. The van der Waals surface area contributed by atoms with Crippen molar-refractivity contribution in [2.75, 3.05) is 5.32 Å². The quantitative estimate of drug-likeness (QED) is 0.751. The number of allylic oxidation sites excluding steroid dienone is 1. The highest BCUT2D eigenvalue weighted by molar-refractivity contribution is 6.42. The standard InChI is InChI=1S/C14H15Cl2NO3/c15-10-3-2-9(7-11(10)16)17-14(20)4-1-8-5-12(18)13(19)6-8/h1-4,7-8,12-13,18-19H,5-6H2,(H,17,20)/b4-1+/t8?,12-,13+. The molecule has 3 N–H and O–H groups in total. The second kappa shape index (κ2) is 6.59. The minimum Gasteiger partial charge on any atom is -0.390 e. The molecular formula is C14H15Cl2NO3. The van der Waals surface area contributed by atoms with Gasteiger partial charge >= 0.3 is 0 Å².